The van der Waals surface area contributed by atoms with E-state index in [0.717, 1.165) is 38.3 Å². The molecule has 0 aromatic heterocycles. The monoisotopic (exact) mass is 420 g/mol. The third kappa shape index (κ3) is 4.53. The highest BCUT2D eigenvalue weighted by Crippen LogP contribution is 2.40. The summed E-state index contributed by atoms with van der Waals surface area (Å²) in [7, 11) is 0. The lowest BCUT2D eigenvalue weighted by Crippen LogP contribution is -2.45. The van der Waals surface area contributed by atoms with Crippen molar-refractivity contribution in [2.24, 2.45) is 0 Å². The molecule has 164 valence electrons. The number of ketones is 1. The minimum Gasteiger partial charge on any atom is -0.507 e. The number of likely N-dealkylation sites (N-methyl/N-ethyl adjacent to an activating group) is 1. The van der Waals surface area contributed by atoms with Gasteiger partial charge in [0.15, 0.2) is 5.76 Å². The van der Waals surface area contributed by atoms with Gasteiger partial charge in [0.25, 0.3) is 0 Å². The Kier molecular flexibility index (Phi) is 5.91. The highest BCUT2D eigenvalue weighted by Gasteiger charge is 2.32. The number of phenolic OH excluding ortho intramolecular Hbond substituents is 1. The minimum atomic E-state index is -0.132. The molecule has 4 rings (SSSR count). The van der Waals surface area contributed by atoms with Crippen LogP contribution in [0.5, 0.6) is 11.5 Å². The van der Waals surface area contributed by atoms with E-state index in [-0.39, 0.29) is 16.9 Å². The SMILES string of the molecule is CCN1CCN(Cc2c(O)ccc3c2O/C(=C\c2ccc(C(C)(C)C)cc2)C3=O)CC1. The van der Waals surface area contributed by atoms with Crippen LogP contribution in [0.2, 0.25) is 0 Å². The first-order chi connectivity index (χ1) is 14.8. The second-order valence-electron chi connectivity index (χ2n) is 9.46. The molecule has 0 atom stereocenters. The zero-order chi connectivity index (χ0) is 22.2. The fourth-order valence-corrected chi connectivity index (χ4v) is 4.17. The molecule has 0 saturated carbocycles. The highest BCUT2D eigenvalue weighted by atomic mass is 16.5. The Morgan fingerprint density at radius 2 is 1.65 bits per heavy atom. The number of Topliss-reactive ketones (excluding diaryl/α,β-unsaturated/α-hetero) is 1. The van der Waals surface area contributed by atoms with Gasteiger partial charge in [0, 0.05) is 32.7 Å². The van der Waals surface area contributed by atoms with Crippen LogP contribution in [0, 0.1) is 0 Å². The lowest BCUT2D eigenvalue weighted by molar-refractivity contribution is 0.101. The number of nitrogens with zero attached hydrogens (tertiary/aromatic N) is 2. The van der Waals surface area contributed by atoms with E-state index in [0.29, 0.717) is 29.2 Å². The molecular formula is C26H32N2O3. The maximum absolute atomic E-state index is 13.0. The van der Waals surface area contributed by atoms with Gasteiger partial charge in [0.2, 0.25) is 5.78 Å². The van der Waals surface area contributed by atoms with Gasteiger partial charge in [-0.05, 0) is 41.3 Å². The Labute approximate surface area is 184 Å². The van der Waals surface area contributed by atoms with E-state index < -0.39 is 0 Å². The van der Waals surface area contributed by atoms with Gasteiger partial charge in [-0.2, -0.15) is 0 Å². The molecule has 5 heteroatoms. The quantitative estimate of drug-likeness (QED) is 0.741. The number of piperazine rings is 1. The normalized spacial score (nSPS) is 19.0. The van der Waals surface area contributed by atoms with Crippen LogP contribution in [0.25, 0.3) is 6.08 Å². The van der Waals surface area contributed by atoms with Crippen LogP contribution in [0.4, 0.5) is 0 Å². The molecule has 0 bridgehead atoms. The Hall–Kier alpha value is -2.63. The summed E-state index contributed by atoms with van der Waals surface area (Å²) in [6.07, 6.45) is 1.79. The van der Waals surface area contributed by atoms with E-state index in [1.807, 2.05) is 12.1 Å². The van der Waals surface area contributed by atoms with Crippen molar-refractivity contribution < 1.29 is 14.6 Å². The van der Waals surface area contributed by atoms with Crippen molar-refractivity contribution in [2.75, 3.05) is 32.7 Å². The van der Waals surface area contributed by atoms with E-state index in [1.54, 1.807) is 18.2 Å². The predicted molar refractivity (Wildman–Crippen MR) is 124 cm³/mol. The van der Waals surface area contributed by atoms with E-state index in [1.165, 1.54) is 5.56 Å². The molecule has 31 heavy (non-hydrogen) atoms. The van der Waals surface area contributed by atoms with Crippen molar-refractivity contribution in [3.05, 3.63) is 64.4 Å². The smallest absolute Gasteiger partial charge is 0.231 e. The van der Waals surface area contributed by atoms with E-state index in [2.05, 4.69) is 49.6 Å². The van der Waals surface area contributed by atoms with Crippen molar-refractivity contribution in [1.29, 1.82) is 0 Å². The first-order valence-corrected chi connectivity index (χ1v) is 11.1. The first kappa shape index (κ1) is 21.6. The molecule has 0 amide bonds. The van der Waals surface area contributed by atoms with Crippen molar-refractivity contribution in [3.63, 3.8) is 0 Å². The standard InChI is InChI=1S/C26H32N2O3/c1-5-27-12-14-28(15-13-27)17-21-22(29)11-10-20-24(30)23(31-25(20)21)16-18-6-8-19(9-7-18)26(2,3)4/h6-11,16,29H,5,12-15,17H2,1-4H3/b23-16-. The van der Waals surface area contributed by atoms with E-state index in [9.17, 15) is 9.90 Å². The summed E-state index contributed by atoms with van der Waals surface area (Å²) < 4.78 is 6.03. The lowest BCUT2D eigenvalue weighted by atomic mass is 9.86. The number of rotatable bonds is 4. The summed E-state index contributed by atoms with van der Waals surface area (Å²) in [6, 6.07) is 11.5. The molecule has 0 unspecified atom stereocenters. The Bertz CT molecular complexity index is 995. The van der Waals surface area contributed by atoms with Gasteiger partial charge in [-0.15, -0.1) is 0 Å². The average molecular weight is 421 g/mol. The summed E-state index contributed by atoms with van der Waals surface area (Å²) in [4.78, 5) is 17.7. The maximum atomic E-state index is 13.0. The number of ether oxygens (including phenoxy) is 1. The van der Waals surface area contributed by atoms with Crippen molar-refractivity contribution >= 4 is 11.9 Å². The van der Waals surface area contributed by atoms with Gasteiger partial charge in [-0.25, -0.2) is 0 Å². The maximum Gasteiger partial charge on any atom is 0.231 e. The molecule has 0 aliphatic carbocycles. The summed E-state index contributed by atoms with van der Waals surface area (Å²) >= 11 is 0. The molecule has 1 saturated heterocycles. The van der Waals surface area contributed by atoms with E-state index >= 15 is 0 Å². The van der Waals surface area contributed by atoms with Crippen LogP contribution in [0.1, 0.15) is 54.7 Å². The third-order valence-corrected chi connectivity index (χ3v) is 6.28. The first-order valence-electron chi connectivity index (χ1n) is 11.1. The average Bonchev–Trinajstić information content (AvgIpc) is 3.06. The predicted octanol–water partition coefficient (Wildman–Crippen LogP) is 4.44. The molecule has 2 aliphatic heterocycles. The fourth-order valence-electron chi connectivity index (χ4n) is 4.17. The molecule has 1 N–H and O–H groups in total. The number of hydrogen-bond acceptors (Lipinski definition) is 5. The Morgan fingerprint density at radius 3 is 2.26 bits per heavy atom. The van der Waals surface area contributed by atoms with Crippen LogP contribution < -0.4 is 4.74 Å². The number of allylic oxidation sites excluding steroid dienone is 1. The number of carbonyl (C=O) groups excluding carboxylic acids is 1. The van der Waals surface area contributed by atoms with Gasteiger partial charge >= 0.3 is 0 Å². The Balaban J connectivity index is 1.56. The van der Waals surface area contributed by atoms with Gasteiger partial charge in [-0.3, -0.25) is 9.69 Å². The van der Waals surface area contributed by atoms with Crippen LogP contribution >= 0.6 is 0 Å². The summed E-state index contributed by atoms with van der Waals surface area (Å²) in [5, 5.41) is 10.5. The second kappa shape index (κ2) is 8.48. The number of hydrogen-bond donors (Lipinski definition) is 1. The summed E-state index contributed by atoms with van der Waals surface area (Å²) in [6.45, 7) is 14.3. The van der Waals surface area contributed by atoms with Crippen LogP contribution in [-0.2, 0) is 12.0 Å². The third-order valence-electron chi connectivity index (χ3n) is 6.28. The van der Waals surface area contributed by atoms with Gasteiger partial charge in [-0.1, -0.05) is 52.0 Å². The molecule has 2 aromatic rings. The molecule has 2 aliphatic rings. The number of aromatic hydroxyl groups is 1. The molecule has 2 heterocycles. The van der Waals surface area contributed by atoms with Gasteiger partial charge in [0.1, 0.15) is 11.5 Å². The fraction of sp³-hybridized carbons (Fsp3) is 0.423. The number of fused-ring (bicyclic) bond motifs is 1. The molecule has 0 spiro atoms. The number of benzene rings is 2. The minimum absolute atomic E-state index is 0.0800. The lowest BCUT2D eigenvalue weighted by Gasteiger charge is -2.34. The second-order valence-corrected chi connectivity index (χ2v) is 9.46. The van der Waals surface area contributed by atoms with Crippen LogP contribution in [-0.4, -0.2) is 53.4 Å². The number of carbonyl (C=O) groups is 1. The van der Waals surface area contributed by atoms with Crippen LogP contribution in [0.15, 0.2) is 42.2 Å². The molecular weight excluding hydrogens is 388 g/mol. The van der Waals surface area contributed by atoms with Gasteiger partial charge in [0.05, 0.1) is 11.1 Å². The molecule has 0 radical (unpaired) electrons. The zero-order valence-electron chi connectivity index (χ0n) is 18.9. The largest absolute Gasteiger partial charge is 0.507 e. The van der Waals surface area contributed by atoms with Crippen LogP contribution in [0.3, 0.4) is 0 Å². The Morgan fingerprint density at radius 1 is 1.00 bits per heavy atom. The van der Waals surface area contributed by atoms with E-state index in [4.69, 9.17) is 4.74 Å². The van der Waals surface area contributed by atoms with Gasteiger partial charge < -0.3 is 14.7 Å². The number of phenols is 1. The summed E-state index contributed by atoms with van der Waals surface area (Å²) in [5.74, 6) is 0.855. The molecule has 2 aromatic carbocycles. The topological polar surface area (TPSA) is 53.0 Å². The zero-order valence-corrected chi connectivity index (χ0v) is 18.9. The summed E-state index contributed by atoms with van der Waals surface area (Å²) in [5.41, 5.74) is 3.47. The van der Waals surface area contributed by atoms with Crippen molar-refractivity contribution in [2.45, 2.75) is 39.7 Å². The molecule has 1 fully saturated rings. The van der Waals surface area contributed by atoms with Crippen molar-refractivity contribution in [1.82, 2.24) is 9.80 Å². The van der Waals surface area contributed by atoms with Crippen molar-refractivity contribution in [3.8, 4) is 11.5 Å². The molecule has 5 nitrogen and oxygen atoms in total. The highest BCUT2D eigenvalue weighted by molar-refractivity contribution is 6.15.